The molecule has 1 heterocycles. The lowest BCUT2D eigenvalue weighted by Gasteiger charge is -2.07. The predicted molar refractivity (Wildman–Crippen MR) is 89.9 cm³/mol. The van der Waals surface area contributed by atoms with E-state index < -0.39 is 21.8 Å². The molecule has 3 rings (SSSR count). The standard InChI is InChI=1S/C15H14N4O5S/c16-25(23,24)19-8-7-12(13(19)15(21)18-22)9-3-5-11(6-4-9)17-14(20)10-1-2-10/h3-8,10H,1-2H2,(H,17,20)(H2,16,23,24). The van der Waals surface area contributed by atoms with Gasteiger partial charge >= 0.3 is 16.1 Å². The average Bonchev–Trinajstić information content (AvgIpc) is 3.32. The fourth-order valence-corrected chi connectivity index (χ4v) is 3.10. The van der Waals surface area contributed by atoms with Crippen LogP contribution in [0.2, 0.25) is 0 Å². The van der Waals surface area contributed by atoms with E-state index in [9.17, 15) is 22.9 Å². The normalized spacial score (nSPS) is 14.1. The Bertz CT molecular complexity index is 958. The summed E-state index contributed by atoms with van der Waals surface area (Å²) >= 11 is 0. The summed E-state index contributed by atoms with van der Waals surface area (Å²) in [6.45, 7) is 0. The summed E-state index contributed by atoms with van der Waals surface area (Å²) in [6.07, 6.45) is 2.84. The van der Waals surface area contributed by atoms with Crippen molar-refractivity contribution in [2.24, 2.45) is 16.2 Å². The van der Waals surface area contributed by atoms with Crippen molar-refractivity contribution >= 4 is 27.7 Å². The van der Waals surface area contributed by atoms with Gasteiger partial charge in [0.2, 0.25) is 5.91 Å². The molecule has 130 valence electrons. The minimum absolute atomic E-state index is 0.0471. The topological polar surface area (TPSA) is 141 Å². The highest BCUT2D eigenvalue weighted by Gasteiger charge is 2.29. The fourth-order valence-electron chi connectivity index (χ4n) is 2.44. The zero-order valence-electron chi connectivity index (χ0n) is 12.9. The molecule has 1 saturated carbocycles. The summed E-state index contributed by atoms with van der Waals surface area (Å²) in [5, 5.41) is 10.1. The molecular formula is C15H14N4O5S. The number of carbonyl (C=O) groups is 2. The second kappa shape index (κ2) is 6.22. The summed E-state index contributed by atoms with van der Waals surface area (Å²) in [6, 6.07) is 7.76. The highest BCUT2D eigenvalue weighted by molar-refractivity contribution is 7.87. The molecule has 1 aromatic heterocycles. The van der Waals surface area contributed by atoms with Gasteiger partial charge in [0.1, 0.15) is 5.69 Å². The van der Waals surface area contributed by atoms with Crippen LogP contribution in [0.25, 0.3) is 11.1 Å². The first-order valence-corrected chi connectivity index (χ1v) is 8.85. The number of nitrogens with zero attached hydrogens (tertiary/aromatic N) is 2. The van der Waals surface area contributed by atoms with E-state index in [1.54, 1.807) is 24.3 Å². The number of nitrogens with one attached hydrogen (secondary N) is 1. The molecule has 0 radical (unpaired) electrons. The van der Waals surface area contributed by atoms with E-state index in [4.69, 9.17) is 5.14 Å². The lowest BCUT2D eigenvalue weighted by atomic mass is 10.1. The molecule has 0 saturated heterocycles. The zero-order valence-corrected chi connectivity index (χ0v) is 13.7. The largest absolute Gasteiger partial charge is 0.334 e. The Morgan fingerprint density at radius 3 is 2.32 bits per heavy atom. The highest BCUT2D eigenvalue weighted by atomic mass is 32.2. The number of anilines is 1. The Balaban J connectivity index is 1.96. The molecule has 1 fully saturated rings. The summed E-state index contributed by atoms with van der Waals surface area (Å²) in [7, 11) is -4.26. The van der Waals surface area contributed by atoms with Crippen LogP contribution in [0.15, 0.2) is 41.7 Å². The van der Waals surface area contributed by atoms with Crippen molar-refractivity contribution in [2.75, 3.05) is 5.32 Å². The van der Waals surface area contributed by atoms with E-state index >= 15 is 0 Å². The van der Waals surface area contributed by atoms with Crippen LogP contribution >= 0.6 is 0 Å². The van der Waals surface area contributed by atoms with Crippen LogP contribution in [-0.2, 0) is 15.0 Å². The molecule has 0 spiro atoms. The first kappa shape index (κ1) is 17.0. The molecule has 0 aliphatic heterocycles. The molecule has 1 aromatic carbocycles. The van der Waals surface area contributed by atoms with Gasteiger partial charge in [0, 0.05) is 28.5 Å². The third-order valence-electron chi connectivity index (χ3n) is 3.82. The quantitative estimate of drug-likeness (QED) is 0.775. The number of hydrogen-bond donors (Lipinski definition) is 2. The number of carbonyl (C=O) groups excluding carboxylic acids is 2. The molecule has 0 bridgehead atoms. The summed E-state index contributed by atoms with van der Waals surface area (Å²) in [4.78, 5) is 34.1. The van der Waals surface area contributed by atoms with Crippen molar-refractivity contribution in [3.8, 4) is 11.1 Å². The van der Waals surface area contributed by atoms with Gasteiger partial charge in [-0.3, -0.25) is 9.59 Å². The fraction of sp³-hybridized carbons (Fsp3) is 0.200. The maximum atomic E-state index is 11.8. The van der Waals surface area contributed by atoms with Crippen LogP contribution in [0.4, 0.5) is 5.69 Å². The molecule has 9 nitrogen and oxygen atoms in total. The van der Waals surface area contributed by atoms with Gasteiger partial charge in [-0.25, -0.2) is 9.11 Å². The number of hydrogen-bond acceptors (Lipinski definition) is 5. The maximum Gasteiger partial charge on any atom is 0.334 e. The molecule has 0 atom stereocenters. The van der Waals surface area contributed by atoms with Crippen LogP contribution in [0, 0.1) is 10.8 Å². The van der Waals surface area contributed by atoms with E-state index in [-0.39, 0.29) is 17.4 Å². The van der Waals surface area contributed by atoms with Crippen molar-refractivity contribution in [1.82, 2.24) is 3.97 Å². The molecule has 25 heavy (non-hydrogen) atoms. The number of amides is 2. The van der Waals surface area contributed by atoms with Crippen LogP contribution < -0.4 is 10.5 Å². The van der Waals surface area contributed by atoms with Gasteiger partial charge < -0.3 is 5.32 Å². The lowest BCUT2D eigenvalue weighted by Crippen LogP contribution is -2.24. The second-order valence-corrected chi connectivity index (χ2v) is 7.08. The Labute approximate surface area is 143 Å². The smallest absolute Gasteiger partial charge is 0.326 e. The molecular weight excluding hydrogens is 348 g/mol. The molecule has 0 unspecified atom stereocenters. The van der Waals surface area contributed by atoms with Gasteiger partial charge in [-0.1, -0.05) is 12.1 Å². The first-order valence-electron chi connectivity index (χ1n) is 7.35. The summed E-state index contributed by atoms with van der Waals surface area (Å²) in [5.41, 5.74) is 0.803. The molecule has 2 aromatic rings. The highest BCUT2D eigenvalue weighted by Crippen LogP contribution is 2.31. The zero-order chi connectivity index (χ0) is 18.2. The minimum Gasteiger partial charge on any atom is -0.326 e. The van der Waals surface area contributed by atoms with Crippen molar-refractivity contribution in [3.05, 3.63) is 47.1 Å². The van der Waals surface area contributed by atoms with Crippen molar-refractivity contribution in [2.45, 2.75) is 12.8 Å². The second-order valence-electron chi connectivity index (χ2n) is 5.66. The third kappa shape index (κ3) is 3.49. The molecule has 10 heteroatoms. The van der Waals surface area contributed by atoms with Crippen molar-refractivity contribution < 1.29 is 18.0 Å². The number of nitroso groups, excluding NO2 is 1. The number of aromatic nitrogens is 1. The van der Waals surface area contributed by atoms with Crippen LogP contribution in [0.1, 0.15) is 23.3 Å². The van der Waals surface area contributed by atoms with E-state index in [1.165, 1.54) is 6.07 Å². The van der Waals surface area contributed by atoms with E-state index in [0.29, 0.717) is 15.2 Å². The Morgan fingerprint density at radius 2 is 1.80 bits per heavy atom. The van der Waals surface area contributed by atoms with Crippen molar-refractivity contribution in [3.63, 3.8) is 0 Å². The third-order valence-corrected chi connectivity index (χ3v) is 4.68. The molecule has 1 aliphatic carbocycles. The van der Waals surface area contributed by atoms with Crippen molar-refractivity contribution in [1.29, 1.82) is 0 Å². The summed E-state index contributed by atoms with van der Waals surface area (Å²) in [5.74, 6) is -1.24. The van der Waals surface area contributed by atoms with E-state index in [0.717, 1.165) is 19.0 Å². The number of rotatable bonds is 5. The number of nitrogens with two attached hydrogens (primary N) is 1. The molecule has 1 aliphatic rings. The Kier molecular flexibility index (Phi) is 4.23. The van der Waals surface area contributed by atoms with Gasteiger partial charge in [0.25, 0.3) is 0 Å². The van der Waals surface area contributed by atoms with Gasteiger partial charge in [-0.2, -0.15) is 8.42 Å². The molecule has 3 N–H and O–H groups in total. The first-order chi connectivity index (χ1) is 11.8. The number of benzene rings is 1. The molecule has 2 amide bonds. The SMILES string of the molecule is NS(=O)(=O)n1ccc(-c2ccc(NC(=O)C3CC3)cc2)c1C(=O)N=O. The van der Waals surface area contributed by atoms with Gasteiger partial charge in [0.05, 0.1) is 0 Å². The van der Waals surface area contributed by atoms with Gasteiger partial charge in [0.15, 0.2) is 0 Å². The predicted octanol–water partition coefficient (Wildman–Crippen LogP) is 1.46. The van der Waals surface area contributed by atoms with Gasteiger partial charge in [-0.15, -0.1) is 4.91 Å². The Morgan fingerprint density at radius 1 is 1.16 bits per heavy atom. The lowest BCUT2D eigenvalue weighted by molar-refractivity contribution is -0.117. The summed E-state index contributed by atoms with van der Waals surface area (Å²) < 4.78 is 23.6. The van der Waals surface area contributed by atoms with Crippen LogP contribution in [-0.4, -0.2) is 24.2 Å². The van der Waals surface area contributed by atoms with E-state index in [1.807, 2.05) is 0 Å². The maximum absolute atomic E-state index is 11.8. The van der Waals surface area contributed by atoms with E-state index in [2.05, 4.69) is 10.5 Å². The van der Waals surface area contributed by atoms with Gasteiger partial charge in [-0.05, 0) is 36.6 Å². The van der Waals surface area contributed by atoms with Crippen LogP contribution in [0.5, 0.6) is 0 Å². The minimum atomic E-state index is -4.26. The monoisotopic (exact) mass is 362 g/mol. The Hall–Kier alpha value is -2.85. The van der Waals surface area contributed by atoms with Crippen LogP contribution in [0.3, 0.4) is 0 Å². The average molecular weight is 362 g/mol.